The van der Waals surface area contributed by atoms with Gasteiger partial charge in [0.15, 0.2) is 0 Å². The van der Waals surface area contributed by atoms with E-state index in [2.05, 4.69) is 38.2 Å². The molecular weight excluding hydrogens is 670 g/mol. The number of carbonyl (C=O) groups is 4. The zero-order chi connectivity index (χ0) is 38.4. The number of alkyl carbamates (subject to hydrolysis) is 1. The van der Waals surface area contributed by atoms with Crippen LogP contribution >= 0.6 is 0 Å². The van der Waals surface area contributed by atoms with Crippen molar-refractivity contribution in [1.82, 2.24) is 15.1 Å². The van der Waals surface area contributed by atoms with Crippen LogP contribution in [0.5, 0.6) is 0 Å². The number of amides is 3. The molecule has 0 unspecified atom stereocenters. The molecule has 0 bridgehead atoms. The molecule has 10 nitrogen and oxygen atoms in total. The Morgan fingerprint density at radius 1 is 0.830 bits per heavy atom. The van der Waals surface area contributed by atoms with E-state index in [1.165, 1.54) is 5.57 Å². The lowest BCUT2D eigenvalue weighted by molar-refractivity contribution is -0.148. The standard InChI is InChI=1S/C43H55N3O7/c1-39(2,3)53-38(52)44-43(21-16-32(47)17-22-43)37(51)45-26-23-42(24-27-45,31-10-8-7-9-11-31)36(50)46-25-19-34-40(4,5)33(18-20-41(34,6)28-46)29-12-14-30(15-13-29)35(48)49/h7-15,18-19,32,47H,16-17,20-28H2,1-6H3,(H,44,52)(H,48,49)/t32?,41-,43?/m1/s1. The Kier molecular flexibility index (Phi) is 10.2. The molecule has 0 aromatic heterocycles. The fourth-order valence-electron chi connectivity index (χ4n) is 9.42. The van der Waals surface area contributed by atoms with Crippen molar-refractivity contribution in [2.75, 3.05) is 26.2 Å². The first kappa shape index (κ1) is 38.3. The molecule has 2 aromatic carbocycles. The Balaban J connectivity index is 1.23. The number of benzene rings is 2. The Morgan fingerprint density at radius 2 is 1.45 bits per heavy atom. The van der Waals surface area contributed by atoms with E-state index in [-0.39, 0.29) is 28.2 Å². The smallest absolute Gasteiger partial charge is 0.408 e. The van der Waals surface area contributed by atoms with E-state index in [0.717, 1.165) is 23.1 Å². The second-order valence-electron chi connectivity index (χ2n) is 17.4. The lowest BCUT2D eigenvalue weighted by atomic mass is 9.58. The van der Waals surface area contributed by atoms with E-state index in [9.17, 15) is 24.6 Å². The maximum Gasteiger partial charge on any atom is 0.408 e. The second-order valence-corrected chi connectivity index (χ2v) is 17.4. The van der Waals surface area contributed by atoms with Crippen LogP contribution in [0.25, 0.3) is 5.57 Å². The van der Waals surface area contributed by atoms with Crippen LogP contribution in [0.4, 0.5) is 4.79 Å². The molecule has 1 saturated carbocycles. The highest BCUT2D eigenvalue weighted by Crippen LogP contribution is 2.56. The van der Waals surface area contributed by atoms with Crippen LogP contribution in [0, 0.1) is 10.8 Å². The normalized spacial score (nSPS) is 26.7. The first-order chi connectivity index (χ1) is 24.9. The Bertz CT molecular complexity index is 1790. The molecule has 2 heterocycles. The van der Waals surface area contributed by atoms with Crippen molar-refractivity contribution >= 4 is 29.5 Å². The summed E-state index contributed by atoms with van der Waals surface area (Å²) in [4.78, 5) is 57.6. The number of fused-ring (bicyclic) bond motifs is 1. The summed E-state index contributed by atoms with van der Waals surface area (Å²) in [5.74, 6) is -1.08. The van der Waals surface area contributed by atoms with Gasteiger partial charge in [-0.3, -0.25) is 9.59 Å². The summed E-state index contributed by atoms with van der Waals surface area (Å²) in [5, 5.41) is 22.6. The van der Waals surface area contributed by atoms with Gasteiger partial charge >= 0.3 is 12.1 Å². The van der Waals surface area contributed by atoms with Crippen LogP contribution in [0.2, 0.25) is 0 Å². The predicted molar refractivity (Wildman–Crippen MR) is 203 cm³/mol. The number of ether oxygens (including phenoxy) is 1. The molecule has 10 heteroatoms. The number of allylic oxidation sites excluding steroid dienone is 2. The molecule has 6 rings (SSSR count). The fourth-order valence-corrected chi connectivity index (χ4v) is 9.42. The number of aliphatic hydroxyl groups is 1. The first-order valence-electron chi connectivity index (χ1n) is 19.0. The second kappa shape index (κ2) is 14.1. The summed E-state index contributed by atoms with van der Waals surface area (Å²) in [7, 11) is 0. The summed E-state index contributed by atoms with van der Waals surface area (Å²) >= 11 is 0. The molecule has 1 atom stereocenters. The van der Waals surface area contributed by atoms with Crippen molar-refractivity contribution in [3.8, 4) is 0 Å². The molecule has 284 valence electrons. The highest BCUT2D eigenvalue weighted by molar-refractivity contribution is 5.92. The third-order valence-corrected chi connectivity index (χ3v) is 12.1. The fraction of sp³-hybridized carbons (Fsp3) is 0.535. The topological polar surface area (TPSA) is 136 Å². The minimum absolute atomic E-state index is 0.0616. The van der Waals surface area contributed by atoms with Crippen molar-refractivity contribution < 1.29 is 34.1 Å². The summed E-state index contributed by atoms with van der Waals surface area (Å²) in [6.45, 7) is 13.7. The summed E-state index contributed by atoms with van der Waals surface area (Å²) in [6.07, 6.45) is 6.35. The van der Waals surface area contributed by atoms with Gasteiger partial charge in [-0.05, 0) is 94.5 Å². The van der Waals surface area contributed by atoms with Gasteiger partial charge in [-0.25, -0.2) is 9.59 Å². The maximum atomic E-state index is 15.0. The molecule has 2 fully saturated rings. The average molecular weight is 726 g/mol. The monoisotopic (exact) mass is 725 g/mol. The lowest BCUT2D eigenvalue weighted by Crippen LogP contribution is -2.64. The highest BCUT2D eigenvalue weighted by atomic mass is 16.6. The summed E-state index contributed by atoms with van der Waals surface area (Å²) in [6, 6.07) is 17.0. The SMILES string of the molecule is CC(C)(C)OC(=O)NC1(C(=O)N2CCC(C(=O)N3CC=C4C(C)(C)C(c5ccc(C(=O)O)cc5)=CC[C@]4(C)C3)(c3ccccc3)CC2)CCC(O)CC1. The van der Waals surface area contributed by atoms with E-state index in [4.69, 9.17) is 4.74 Å². The van der Waals surface area contributed by atoms with E-state index in [1.807, 2.05) is 47.4 Å². The molecule has 3 N–H and O–H groups in total. The Labute approximate surface area is 313 Å². The van der Waals surface area contributed by atoms with Gasteiger partial charge in [0, 0.05) is 37.0 Å². The van der Waals surface area contributed by atoms with Crippen molar-refractivity contribution in [2.24, 2.45) is 10.8 Å². The molecule has 2 aromatic rings. The lowest BCUT2D eigenvalue weighted by Gasteiger charge is -2.52. The molecule has 2 aliphatic heterocycles. The van der Waals surface area contributed by atoms with Crippen molar-refractivity contribution in [2.45, 2.75) is 109 Å². The summed E-state index contributed by atoms with van der Waals surface area (Å²) in [5.41, 5.74) is 1.28. The predicted octanol–water partition coefficient (Wildman–Crippen LogP) is 6.73. The highest BCUT2D eigenvalue weighted by Gasteiger charge is 2.53. The number of hydrogen-bond acceptors (Lipinski definition) is 6. The minimum atomic E-state index is -1.18. The number of nitrogens with zero attached hydrogens (tertiary/aromatic N) is 2. The number of likely N-dealkylation sites (tertiary alicyclic amines) is 1. The van der Waals surface area contributed by atoms with Gasteiger partial charge in [0.2, 0.25) is 11.8 Å². The minimum Gasteiger partial charge on any atom is -0.478 e. The molecule has 4 aliphatic rings. The zero-order valence-electron chi connectivity index (χ0n) is 32.0. The van der Waals surface area contributed by atoms with E-state index >= 15 is 4.79 Å². The average Bonchev–Trinajstić information content (AvgIpc) is 3.11. The quantitative estimate of drug-likeness (QED) is 0.281. The van der Waals surface area contributed by atoms with Crippen LogP contribution in [0.3, 0.4) is 0 Å². The van der Waals surface area contributed by atoms with Crippen molar-refractivity contribution in [1.29, 1.82) is 0 Å². The number of aliphatic hydroxyl groups excluding tert-OH is 1. The summed E-state index contributed by atoms with van der Waals surface area (Å²) < 4.78 is 5.56. The molecule has 0 spiro atoms. The number of carbonyl (C=O) groups excluding carboxylic acids is 3. The Morgan fingerprint density at radius 3 is 2.04 bits per heavy atom. The van der Waals surface area contributed by atoms with Crippen LogP contribution in [-0.4, -0.2) is 87.3 Å². The Hall–Kier alpha value is -4.44. The molecule has 1 saturated heterocycles. The maximum absolute atomic E-state index is 15.0. The molecule has 2 aliphatic carbocycles. The number of nitrogens with one attached hydrogen (secondary N) is 1. The number of aromatic carboxylic acids is 1. The largest absolute Gasteiger partial charge is 0.478 e. The van der Waals surface area contributed by atoms with Gasteiger partial charge in [-0.2, -0.15) is 0 Å². The molecular formula is C43H55N3O7. The third-order valence-electron chi connectivity index (χ3n) is 12.1. The van der Waals surface area contributed by atoms with E-state index in [1.54, 1.807) is 37.8 Å². The van der Waals surface area contributed by atoms with Crippen LogP contribution in [-0.2, 0) is 19.7 Å². The van der Waals surface area contributed by atoms with Gasteiger partial charge in [0.1, 0.15) is 11.1 Å². The first-order valence-corrected chi connectivity index (χ1v) is 19.0. The number of carboxylic acid groups (broad SMARTS) is 1. The number of piperidine rings is 1. The number of hydrogen-bond donors (Lipinski definition) is 3. The van der Waals surface area contributed by atoms with Gasteiger partial charge in [0.25, 0.3) is 0 Å². The van der Waals surface area contributed by atoms with Gasteiger partial charge < -0.3 is 30.1 Å². The molecule has 3 amide bonds. The third kappa shape index (κ3) is 7.39. The van der Waals surface area contributed by atoms with Gasteiger partial charge in [-0.1, -0.05) is 81.0 Å². The van der Waals surface area contributed by atoms with E-state index < -0.39 is 34.7 Å². The van der Waals surface area contributed by atoms with Gasteiger partial charge in [0.05, 0.1) is 17.1 Å². The molecule has 0 radical (unpaired) electrons. The van der Waals surface area contributed by atoms with Crippen LogP contribution < -0.4 is 5.32 Å². The van der Waals surface area contributed by atoms with Crippen molar-refractivity contribution in [3.05, 3.63) is 89.0 Å². The van der Waals surface area contributed by atoms with Gasteiger partial charge in [-0.15, -0.1) is 0 Å². The zero-order valence-corrected chi connectivity index (χ0v) is 32.0. The number of rotatable bonds is 6. The van der Waals surface area contributed by atoms with Crippen molar-refractivity contribution in [3.63, 3.8) is 0 Å². The van der Waals surface area contributed by atoms with E-state index in [0.29, 0.717) is 64.7 Å². The molecule has 53 heavy (non-hydrogen) atoms. The van der Waals surface area contributed by atoms with Crippen LogP contribution in [0.1, 0.15) is 108 Å². The number of carboxylic acids is 1. The van der Waals surface area contributed by atoms with Crippen LogP contribution in [0.15, 0.2) is 72.3 Å².